The quantitative estimate of drug-likeness (QED) is 0.0611. The maximum Gasteiger partial charge on any atom is 0.459 e. The van der Waals surface area contributed by atoms with Gasteiger partial charge in [0.25, 0.3) is 5.56 Å². The predicted molar refractivity (Wildman–Crippen MR) is 165 cm³/mol. The van der Waals surface area contributed by atoms with Crippen molar-refractivity contribution >= 4 is 37.2 Å². The molecule has 0 saturated heterocycles. The molecule has 2 N–H and O–H groups in total. The van der Waals surface area contributed by atoms with Crippen LogP contribution in [0.3, 0.4) is 0 Å². The van der Waals surface area contributed by atoms with E-state index < -0.39 is 25.3 Å². The zero-order valence-corrected chi connectivity index (χ0v) is 25.8. The zero-order chi connectivity index (χ0) is 31.5. The fraction of sp³-hybridized carbons (Fsp3) is 0.345. The number of imidazole rings is 1. The molecule has 0 aliphatic carbocycles. The first-order valence-electron chi connectivity index (χ1n) is 13.8. The van der Waals surface area contributed by atoms with Gasteiger partial charge >= 0.3 is 13.7 Å². The molecule has 0 fully saturated rings. The molecule has 2 aromatic heterocycles. The van der Waals surface area contributed by atoms with Gasteiger partial charge in [-0.05, 0) is 23.6 Å². The summed E-state index contributed by atoms with van der Waals surface area (Å²) >= 11 is 0. The van der Waals surface area contributed by atoms with Crippen LogP contribution < -0.4 is 15.2 Å². The number of aromatic nitrogens is 4. The topological polar surface area (TPSA) is 162 Å². The normalized spacial score (nSPS) is 13.7. The summed E-state index contributed by atoms with van der Waals surface area (Å²) in [6, 6.07) is 16.8. The summed E-state index contributed by atoms with van der Waals surface area (Å²) in [5.74, 6) is -0.487. The van der Waals surface area contributed by atoms with Crippen LogP contribution in [0.2, 0.25) is 0 Å². The number of esters is 1. The molecular formula is C29H36N7O7P. The molecule has 0 spiro atoms. The smallest absolute Gasteiger partial charge is 0.459 e. The van der Waals surface area contributed by atoms with Gasteiger partial charge in [-0.25, -0.2) is 14.5 Å². The lowest BCUT2D eigenvalue weighted by atomic mass is 10.1. The van der Waals surface area contributed by atoms with Crippen LogP contribution >= 0.6 is 7.75 Å². The molecule has 2 heterocycles. The van der Waals surface area contributed by atoms with Crippen LogP contribution in [0, 0.1) is 5.92 Å². The number of fused-ring (bicyclic) bond motifs is 1. The molecule has 1 unspecified atom stereocenters. The van der Waals surface area contributed by atoms with E-state index in [1.165, 1.54) is 17.2 Å². The number of aliphatic imine (C=N–C) groups is 1. The van der Waals surface area contributed by atoms with Gasteiger partial charge in [0.2, 0.25) is 5.95 Å². The Labute approximate surface area is 254 Å². The van der Waals surface area contributed by atoms with E-state index in [-0.39, 0.29) is 49.6 Å². The monoisotopic (exact) mass is 625 g/mol. The number of hydrogen-bond acceptors (Lipinski definition) is 10. The van der Waals surface area contributed by atoms with Gasteiger partial charge in [0, 0.05) is 14.1 Å². The molecule has 0 aliphatic rings. The number of nitrogens with zero attached hydrogens (tertiary/aromatic N) is 5. The Kier molecular flexibility index (Phi) is 11.4. The van der Waals surface area contributed by atoms with Crippen LogP contribution in [0.4, 0.5) is 5.95 Å². The van der Waals surface area contributed by atoms with Crippen molar-refractivity contribution in [3.8, 4) is 5.75 Å². The Morgan fingerprint density at radius 1 is 1.11 bits per heavy atom. The third-order valence-corrected chi connectivity index (χ3v) is 7.57. The molecule has 0 bridgehead atoms. The van der Waals surface area contributed by atoms with Crippen molar-refractivity contribution in [3.63, 3.8) is 0 Å². The second-order valence-corrected chi connectivity index (χ2v) is 11.9. The lowest BCUT2D eigenvalue weighted by Gasteiger charge is -2.26. The predicted octanol–water partition coefficient (Wildman–Crippen LogP) is 3.88. The van der Waals surface area contributed by atoms with Gasteiger partial charge in [0.05, 0.1) is 25.9 Å². The highest BCUT2D eigenvalue weighted by Crippen LogP contribution is 2.45. The summed E-state index contributed by atoms with van der Waals surface area (Å²) in [6.45, 7) is 3.47. The Morgan fingerprint density at radius 2 is 1.82 bits per heavy atom. The first-order valence-corrected chi connectivity index (χ1v) is 15.4. The van der Waals surface area contributed by atoms with Gasteiger partial charge in [-0.1, -0.05) is 62.4 Å². The van der Waals surface area contributed by atoms with Crippen LogP contribution in [0.25, 0.3) is 11.2 Å². The fourth-order valence-corrected chi connectivity index (χ4v) is 5.46. The minimum Gasteiger partial charge on any atom is -0.460 e. The standard InChI is InChI=1S/C29H36N7O7P/c1-21(2)24(28(38)41-17-22-11-7-5-8-12-22)34-44(39,43-23-13-9-6-10-14-23)42-16-15-40-20-36-19-30-25-26(36)32-29(33-27(25)37)31-18-35(3)4/h5-14,18-19,21,24H,15-17,20H2,1-4H3,(H,34,39)(H,32,33,37)/b31-18+/t24-,44?/m0/s1. The number of rotatable bonds is 16. The number of aromatic amines is 1. The molecule has 15 heteroatoms. The van der Waals surface area contributed by atoms with E-state index in [0.717, 1.165) is 5.56 Å². The number of H-pyrrole nitrogens is 1. The zero-order valence-electron chi connectivity index (χ0n) is 25.0. The highest BCUT2D eigenvalue weighted by atomic mass is 31.2. The largest absolute Gasteiger partial charge is 0.460 e. The molecule has 4 aromatic rings. The molecule has 0 amide bonds. The van der Waals surface area contributed by atoms with Crippen molar-refractivity contribution < 1.29 is 27.9 Å². The second-order valence-electron chi connectivity index (χ2n) is 10.2. The number of para-hydroxylation sites is 1. The molecule has 2 atom stereocenters. The van der Waals surface area contributed by atoms with E-state index in [2.05, 4.69) is 25.0 Å². The molecule has 0 saturated carbocycles. The number of hydrogen-bond donors (Lipinski definition) is 2. The van der Waals surface area contributed by atoms with E-state index in [9.17, 15) is 14.2 Å². The molecule has 44 heavy (non-hydrogen) atoms. The third kappa shape index (κ3) is 9.32. The minimum atomic E-state index is -4.10. The summed E-state index contributed by atoms with van der Waals surface area (Å²) in [7, 11) is -0.513. The molecule has 0 radical (unpaired) electrons. The van der Waals surface area contributed by atoms with Gasteiger partial charge in [-0.2, -0.15) is 10.1 Å². The summed E-state index contributed by atoms with van der Waals surface area (Å²) in [5.41, 5.74) is 0.810. The minimum absolute atomic E-state index is 0.0108. The summed E-state index contributed by atoms with van der Waals surface area (Å²) in [5, 5.41) is 2.78. The first kappa shape index (κ1) is 32.6. The van der Waals surface area contributed by atoms with Crippen molar-refractivity contribution in [1.29, 1.82) is 0 Å². The van der Waals surface area contributed by atoms with Gasteiger partial charge < -0.3 is 18.9 Å². The Morgan fingerprint density at radius 3 is 2.50 bits per heavy atom. The SMILES string of the molecule is CC(C)[C@H](NP(=O)(OCCOCn1cnc2c(=O)[nH]c(/N=C/N(C)C)nc21)Oc1ccccc1)C(=O)OCc1ccccc1. The van der Waals surface area contributed by atoms with Crippen molar-refractivity contribution in [2.45, 2.75) is 33.2 Å². The van der Waals surface area contributed by atoms with Gasteiger partial charge in [0.1, 0.15) is 25.1 Å². The maximum atomic E-state index is 13.9. The Balaban J connectivity index is 1.40. The molecule has 2 aromatic carbocycles. The lowest BCUT2D eigenvalue weighted by Crippen LogP contribution is -2.41. The maximum absolute atomic E-state index is 13.9. The number of benzene rings is 2. The number of carbonyl (C=O) groups excluding carboxylic acids is 1. The average molecular weight is 626 g/mol. The van der Waals surface area contributed by atoms with Crippen LogP contribution in [0.5, 0.6) is 5.75 Å². The second kappa shape index (κ2) is 15.4. The van der Waals surface area contributed by atoms with E-state index in [1.807, 2.05) is 30.3 Å². The number of nitrogens with one attached hydrogen (secondary N) is 2. The van der Waals surface area contributed by atoms with Crippen LogP contribution in [0.1, 0.15) is 19.4 Å². The average Bonchev–Trinajstić information content (AvgIpc) is 3.41. The third-order valence-electron chi connectivity index (χ3n) is 6.00. The molecule has 4 rings (SSSR count). The molecule has 0 aliphatic heterocycles. The van der Waals surface area contributed by atoms with Gasteiger partial charge in [-0.3, -0.25) is 23.7 Å². The molecule has 14 nitrogen and oxygen atoms in total. The summed E-state index contributed by atoms with van der Waals surface area (Å²) in [6.07, 6.45) is 2.93. The van der Waals surface area contributed by atoms with Crippen molar-refractivity contribution in [1.82, 2.24) is 29.5 Å². The highest BCUT2D eigenvalue weighted by Gasteiger charge is 2.36. The van der Waals surface area contributed by atoms with Crippen LogP contribution in [-0.4, -0.2) is 70.1 Å². The van der Waals surface area contributed by atoms with Crippen LogP contribution in [-0.2, 0) is 36.7 Å². The summed E-state index contributed by atoms with van der Waals surface area (Å²) < 4.78 is 38.1. The van der Waals surface area contributed by atoms with Crippen molar-refractivity contribution in [2.75, 3.05) is 27.3 Å². The van der Waals surface area contributed by atoms with E-state index in [0.29, 0.717) is 5.75 Å². The number of carbonyl (C=O) groups is 1. The van der Waals surface area contributed by atoms with Crippen LogP contribution in [0.15, 0.2) is 76.8 Å². The van der Waals surface area contributed by atoms with Crippen molar-refractivity contribution in [2.24, 2.45) is 10.9 Å². The van der Waals surface area contributed by atoms with Gasteiger partial charge in [-0.15, -0.1) is 0 Å². The molecular weight excluding hydrogens is 589 g/mol. The lowest BCUT2D eigenvalue weighted by molar-refractivity contribution is -0.148. The molecule has 234 valence electrons. The Bertz CT molecular complexity index is 1640. The first-order chi connectivity index (χ1) is 21.1. The fourth-order valence-electron chi connectivity index (χ4n) is 3.82. The van der Waals surface area contributed by atoms with E-state index in [1.54, 1.807) is 63.2 Å². The number of ether oxygens (including phenoxy) is 2. The Hall–Kier alpha value is -4.36. The summed E-state index contributed by atoms with van der Waals surface area (Å²) in [4.78, 5) is 42.3. The highest BCUT2D eigenvalue weighted by molar-refractivity contribution is 7.52. The van der Waals surface area contributed by atoms with Gasteiger partial charge in [0.15, 0.2) is 11.2 Å². The van der Waals surface area contributed by atoms with Crippen molar-refractivity contribution in [3.05, 3.63) is 82.9 Å². The van der Waals surface area contributed by atoms with E-state index in [4.69, 9.17) is 18.5 Å². The van der Waals surface area contributed by atoms with E-state index >= 15 is 0 Å².